The van der Waals surface area contributed by atoms with Gasteiger partial charge in [-0.3, -0.25) is 33.7 Å². The molecule has 7 rings (SSSR count). The predicted octanol–water partition coefficient (Wildman–Crippen LogP) is 4.95. The van der Waals surface area contributed by atoms with Crippen molar-refractivity contribution in [2.75, 3.05) is 17.2 Å². The molecule has 346 valence electrons. The van der Waals surface area contributed by atoms with Gasteiger partial charge in [0, 0.05) is 28.0 Å². The lowest BCUT2D eigenvalue weighted by Gasteiger charge is -2.29. The SMILES string of the molecule is CCCCC(NC(=O)CN1C(=O)[C@@H](NC(=O)[C@H](C)NC(=O)Cc2cccc(C(=O)c3ccccc3)c2)[C@@H](c2ccccc2)Oc2ccccc21)NC(=O)C(CC)C[C@@H]1SC[C@@H]2NC(=O)N[C@@H]21. The maximum absolute atomic E-state index is 14.9. The lowest BCUT2D eigenvalue weighted by atomic mass is 9.94. The minimum absolute atomic E-state index is 0.0293. The van der Waals surface area contributed by atoms with Crippen LogP contribution in [0, 0.1) is 5.92 Å². The summed E-state index contributed by atoms with van der Waals surface area (Å²) < 4.78 is 6.54. The Kier molecular flexibility index (Phi) is 15.8. The van der Waals surface area contributed by atoms with Crippen LogP contribution in [0.1, 0.15) is 86.0 Å². The van der Waals surface area contributed by atoms with E-state index in [-0.39, 0.29) is 47.4 Å². The van der Waals surface area contributed by atoms with Crippen molar-refractivity contribution < 1.29 is 38.3 Å². The van der Waals surface area contributed by atoms with E-state index in [2.05, 4.69) is 31.9 Å². The van der Waals surface area contributed by atoms with Crippen molar-refractivity contribution in [1.29, 1.82) is 0 Å². The number of unbranched alkanes of at least 4 members (excludes halogenated alkanes) is 1. The van der Waals surface area contributed by atoms with Gasteiger partial charge in [-0.25, -0.2) is 4.79 Å². The number of amides is 7. The summed E-state index contributed by atoms with van der Waals surface area (Å²) in [4.78, 5) is 96.5. The third-order valence-electron chi connectivity index (χ3n) is 12.1. The highest BCUT2D eigenvalue weighted by atomic mass is 32.2. The number of nitrogens with one attached hydrogen (secondary N) is 6. The highest BCUT2D eigenvalue weighted by Crippen LogP contribution is 2.38. The van der Waals surface area contributed by atoms with Gasteiger partial charge >= 0.3 is 6.03 Å². The summed E-state index contributed by atoms with van der Waals surface area (Å²) in [5, 5.41) is 17.6. The molecule has 4 aromatic carbocycles. The molecule has 6 N–H and O–H groups in total. The molecule has 0 bridgehead atoms. The van der Waals surface area contributed by atoms with Crippen molar-refractivity contribution in [2.45, 2.75) is 101 Å². The first-order valence-corrected chi connectivity index (χ1v) is 23.7. The van der Waals surface area contributed by atoms with Gasteiger partial charge in [-0.05, 0) is 61.9 Å². The minimum atomic E-state index is -1.35. The zero-order valence-electron chi connectivity index (χ0n) is 37.3. The summed E-state index contributed by atoms with van der Waals surface area (Å²) in [5.41, 5.74) is 2.42. The Hall–Kier alpha value is -6.68. The summed E-state index contributed by atoms with van der Waals surface area (Å²) >= 11 is 1.73. The monoisotopic (exact) mass is 915 g/mol. The summed E-state index contributed by atoms with van der Waals surface area (Å²) in [7, 11) is 0. The maximum atomic E-state index is 14.9. The van der Waals surface area contributed by atoms with Crippen LogP contribution in [-0.2, 0) is 30.4 Å². The van der Waals surface area contributed by atoms with Crippen LogP contribution in [0.5, 0.6) is 5.75 Å². The quantitative estimate of drug-likeness (QED) is 0.0428. The number of thioether (sulfide) groups is 1. The third-order valence-corrected chi connectivity index (χ3v) is 13.6. The van der Waals surface area contributed by atoms with Crippen LogP contribution in [-0.4, -0.2) is 89.2 Å². The summed E-state index contributed by atoms with van der Waals surface area (Å²) in [6.07, 6.45) is 1.24. The number of rotatable bonds is 19. The zero-order chi connectivity index (χ0) is 46.7. The minimum Gasteiger partial charge on any atom is -0.481 e. The van der Waals surface area contributed by atoms with E-state index in [9.17, 15) is 33.6 Å². The van der Waals surface area contributed by atoms with Crippen molar-refractivity contribution in [2.24, 2.45) is 5.92 Å². The van der Waals surface area contributed by atoms with Crippen LogP contribution in [0.25, 0.3) is 0 Å². The van der Waals surface area contributed by atoms with Gasteiger partial charge in [-0.2, -0.15) is 11.8 Å². The Morgan fingerprint density at radius 1 is 0.803 bits per heavy atom. The third kappa shape index (κ3) is 11.6. The van der Waals surface area contributed by atoms with Crippen molar-refractivity contribution in [3.8, 4) is 5.75 Å². The number of anilines is 1. The molecule has 4 aromatic rings. The Morgan fingerprint density at radius 3 is 2.26 bits per heavy atom. The maximum Gasteiger partial charge on any atom is 0.315 e. The Bertz CT molecular complexity index is 2400. The molecule has 0 radical (unpaired) electrons. The first-order valence-electron chi connectivity index (χ1n) is 22.6. The molecule has 0 aromatic heterocycles. The second-order valence-corrected chi connectivity index (χ2v) is 18.2. The molecule has 0 aliphatic carbocycles. The number of para-hydroxylation sites is 2. The number of urea groups is 1. The van der Waals surface area contributed by atoms with Gasteiger partial charge in [0.25, 0.3) is 5.91 Å². The Balaban J connectivity index is 1.05. The fourth-order valence-electron chi connectivity index (χ4n) is 8.60. The van der Waals surface area contributed by atoms with Gasteiger partial charge < -0.3 is 36.6 Å². The van der Waals surface area contributed by atoms with Crippen LogP contribution in [0.15, 0.2) is 109 Å². The molecule has 2 unspecified atom stereocenters. The van der Waals surface area contributed by atoms with E-state index < -0.39 is 54.5 Å². The molecule has 8 atom stereocenters. The number of hydrogen-bond donors (Lipinski definition) is 6. The van der Waals surface area contributed by atoms with Gasteiger partial charge in [-0.15, -0.1) is 0 Å². The lowest BCUT2D eigenvalue weighted by Crippen LogP contribution is -2.57. The van der Waals surface area contributed by atoms with E-state index in [1.807, 2.05) is 26.0 Å². The normalized spacial score (nSPS) is 21.0. The van der Waals surface area contributed by atoms with Gasteiger partial charge in [0.05, 0.1) is 24.2 Å². The fourth-order valence-corrected chi connectivity index (χ4v) is 10.2. The van der Waals surface area contributed by atoms with Crippen molar-refractivity contribution in [3.63, 3.8) is 0 Å². The Morgan fingerprint density at radius 2 is 1.52 bits per heavy atom. The topological polar surface area (TPSA) is 204 Å². The molecule has 3 heterocycles. The van der Waals surface area contributed by atoms with Crippen LogP contribution in [0.2, 0.25) is 0 Å². The van der Waals surface area contributed by atoms with E-state index >= 15 is 0 Å². The highest BCUT2D eigenvalue weighted by Gasteiger charge is 2.45. The molecule has 2 saturated heterocycles. The fraction of sp³-hybridized carbons (Fsp3) is 0.380. The average molecular weight is 916 g/mol. The second-order valence-electron chi connectivity index (χ2n) is 16.9. The lowest BCUT2D eigenvalue weighted by molar-refractivity contribution is -0.132. The zero-order valence-corrected chi connectivity index (χ0v) is 38.1. The van der Waals surface area contributed by atoms with Crippen LogP contribution in [0.4, 0.5) is 10.5 Å². The van der Waals surface area contributed by atoms with Gasteiger partial charge in [0.15, 0.2) is 11.9 Å². The molecule has 66 heavy (non-hydrogen) atoms. The van der Waals surface area contributed by atoms with E-state index in [0.717, 1.165) is 12.2 Å². The van der Waals surface area contributed by atoms with Crippen molar-refractivity contribution >= 4 is 58.8 Å². The smallest absolute Gasteiger partial charge is 0.315 e. The van der Waals surface area contributed by atoms with Gasteiger partial charge in [-0.1, -0.05) is 111 Å². The number of nitrogens with zero attached hydrogens (tertiary/aromatic N) is 1. The number of hydrogen-bond acceptors (Lipinski definition) is 9. The van der Waals surface area contributed by atoms with Crippen LogP contribution < -0.4 is 41.5 Å². The number of fused-ring (bicyclic) bond motifs is 2. The van der Waals surface area contributed by atoms with E-state index in [4.69, 9.17) is 4.74 Å². The number of benzene rings is 4. The molecular formula is C50H57N7O8S. The molecule has 3 aliphatic heterocycles. The first kappa shape index (κ1) is 47.3. The Labute approximate surface area is 389 Å². The number of carbonyl (C=O) groups is 7. The highest BCUT2D eigenvalue weighted by molar-refractivity contribution is 8.00. The molecule has 2 fully saturated rings. The standard InChI is InChI=1S/C50H57N7O8S/c1-4-6-24-40(54-48(62)32(5-2)27-39-43-36(29-66-39)52-50(64)56-43)53-42(59)28-57-37-22-13-14-23-38(37)65-46(34-19-11-8-12-20-34)44(49(57)63)55-47(61)30(3)51-41(58)26-31-16-15-21-35(25-31)45(60)33-17-9-7-10-18-33/h7-23,25,30,32,36,39-40,43-44,46H,4-6,24,26-29H2,1-3H3,(H,51,58)(H,53,59)(H,54,62)(H,55,61)(H2,52,56,64)/t30-,32?,36-,39-,40?,43-,44-,46+/m0/s1. The number of carbonyl (C=O) groups excluding carboxylic acids is 7. The summed E-state index contributed by atoms with van der Waals surface area (Å²) in [5.74, 6) is -1.98. The summed E-state index contributed by atoms with van der Waals surface area (Å²) in [6.45, 7) is 5.00. The van der Waals surface area contributed by atoms with Crippen LogP contribution in [0.3, 0.4) is 0 Å². The molecule has 16 heteroatoms. The van der Waals surface area contributed by atoms with E-state index in [1.165, 1.54) is 11.8 Å². The predicted molar refractivity (Wildman–Crippen MR) is 252 cm³/mol. The second kappa shape index (κ2) is 22.0. The average Bonchev–Trinajstić information content (AvgIpc) is 3.85. The molecule has 15 nitrogen and oxygen atoms in total. The largest absolute Gasteiger partial charge is 0.481 e. The number of ether oxygens (including phenoxy) is 1. The molecule has 3 aliphatic rings. The van der Waals surface area contributed by atoms with Crippen molar-refractivity contribution in [3.05, 3.63) is 131 Å². The first-order chi connectivity index (χ1) is 31.9. The van der Waals surface area contributed by atoms with Gasteiger partial charge in [0.2, 0.25) is 23.6 Å². The summed E-state index contributed by atoms with van der Waals surface area (Å²) in [6, 6.07) is 28.7. The van der Waals surface area contributed by atoms with Crippen LogP contribution >= 0.6 is 11.8 Å². The van der Waals surface area contributed by atoms with E-state index in [0.29, 0.717) is 59.4 Å². The van der Waals surface area contributed by atoms with E-state index in [1.54, 1.807) is 109 Å². The van der Waals surface area contributed by atoms with Gasteiger partial charge in [0.1, 0.15) is 30.5 Å². The molecule has 7 amide bonds. The number of ketones is 1. The molecular weight excluding hydrogens is 859 g/mol. The molecule has 0 spiro atoms. The van der Waals surface area contributed by atoms with Crippen molar-refractivity contribution in [1.82, 2.24) is 31.9 Å². The molecule has 0 saturated carbocycles.